The Kier molecular flexibility index (Phi) is 4.10. The Hall–Kier alpha value is -1.55. The Labute approximate surface area is 117 Å². The van der Waals surface area contributed by atoms with Gasteiger partial charge in [-0.25, -0.2) is 0 Å². The van der Waals surface area contributed by atoms with Gasteiger partial charge in [-0.1, -0.05) is 0 Å². The summed E-state index contributed by atoms with van der Waals surface area (Å²) in [5.74, 6) is -0.129. The maximum absolute atomic E-state index is 11.9. The van der Waals surface area contributed by atoms with Crippen LogP contribution >= 0.6 is 11.6 Å². The van der Waals surface area contributed by atoms with Gasteiger partial charge in [0, 0.05) is 31.9 Å². The van der Waals surface area contributed by atoms with Crippen molar-refractivity contribution in [1.82, 2.24) is 4.90 Å². The first kappa shape index (κ1) is 13.9. The molecule has 1 aromatic rings. The van der Waals surface area contributed by atoms with Crippen molar-refractivity contribution in [2.24, 2.45) is 0 Å². The fourth-order valence-corrected chi connectivity index (χ4v) is 2.46. The van der Waals surface area contributed by atoms with Gasteiger partial charge in [0.05, 0.1) is 0 Å². The summed E-state index contributed by atoms with van der Waals surface area (Å²) in [4.78, 5) is 27.0. The lowest BCUT2D eigenvalue weighted by atomic mass is 9.98. The van der Waals surface area contributed by atoms with Gasteiger partial charge in [0.25, 0.3) is 5.91 Å². The molecular weight excluding hydrogens is 264 g/mol. The molecule has 0 saturated heterocycles. The molecule has 0 spiro atoms. The quantitative estimate of drug-likeness (QED) is 0.777. The monoisotopic (exact) mass is 280 g/mol. The van der Waals surface area contributed by atoms with E-state index in [-0.39, 0.29) is 17.7 Å². The minimum Gasteiger partial charge on any atom is -0.345 e. The highest BCUT2D eigenvalue weighted by Crippen LogP contribution is 2.28. The fraction of sp³-hybridized carbons (Fsp3) is 0.429. The normalized spacial score (nSPS) is 13.9. The first-order valence-corrected chi connectivity index (χ1v) is 6.79. The minimum absolute atomic E-state index is 0.0161. The summed E-state index contributed by atoms with van der Waals surface area (Å²) in [6.45, 7) is 0.694. The molecule has 1 aliphatic heterocycles. The van der Waals surface area contributed by atoms with E-state index in [0.717, 1.165) is 24.1 Å². The van der Waals surface area contributed by atoms with Gasteiger partial charge in [-0.2, -0.15) is 0 Å². The number of hydrogen-bond donors (Lipinski definition) is 0. The molecule has 0 N–H and O–H groups in total. The van der Waals surface area contributed by atoms with E-state index in [1.165, 1.54) is 0 Å². The van der Waals surface area contributed by atoms with Crippen molar-refractivity contribution < 1.29 is 9.59 Å². The highest BCUT2D eigenvalue weighted by Gasteiger charge is 2.22. The van der Waals surface area contributed by atoms with E-state index >= 15 is 0 Å². The Morgan fingerprint density at radius 3 is 2.74 bits per heavy atom. The third-order valence-corrected chi connectivity index (χ3v) is 3.50. The Balaban J connectivity index is 2.36. The number of carbonyl (C=O) groups excluding carboxylic acids is 2. The van der Waals surface area contributed by atoms with Gasteiger partial charge < -0.3 is 9.80 Å². The average molecular weight is 281 g/mol. The molecule has 102 valence electrons. The number of aryl methyl sites for hydroxylation is 1. The van der Waals surface area contributed by atoms with E-state index in [9.17, 15) is 9.59 Å². The molecule has 0 fully saturated rings. The van der Waals surface area contributed by atoms with Crippen LogP contribution in [0.25, 0.3) is 0 Å². The van der Waals surface area contributed by atoms with Gasteiger partial charge in [-0.05, 0) is 36.6 Å². The smallest absolute Gasteiger partial charge is 0.253 e. The van der Waals surface area contributed by atoms with Crippen LogP contribution in [0.15, 0.2) is 18.2 Å². The van der Waals surface area contributed by atoms with Crippen LogP contribution in [-0.2, 0) is 11.2 Å². The molecule has 5 heteroatoms. The highest BCUT2D eigenvalue weighted by atomic mass is 35.5. The molecule has 0 aliphatic carbocycles. The third-order valence-electron chi connectivity index (χ3n) is 3.27. The number of anilines is 1. The number of rotatable bonds is 2. The Morgan fingerprint density at radius 2 is 2.11 bits per heavy atom. The fourth-order valence-electron chi connectivity index (χ4n) is 2.32. The predicted molar refractivity (Wildman–Crippen MR) is 75.9 cm³/mol. The van der Waals surface area contributed by atoms with Crippen molar-refractivity contribution in [3.63, 3.8) is 0 Å². The van der Waals surface area contributed by atoms with Gasteiger partial charge in [-0.15, -0.1) is 11.6 Å². The number of hydrogen-bond acceptors (Lipinski definition) is 2. The van der Waals surface area contributed by atoms with Gasteiger partial charge in [0.2, 0.25) is 5.91 Å². The molecule has 1 aliphatic rings. The van der Waals surface area contributed by atoms with Crippen LogP contribution in [0.2, 0.25) is 0 Å². The number of nitrogens with zero attached hydrogens (tertiary/aromatic N) is 2. The second-order valence-electron chi connectivity index (χ2n) is 4.83. The van der Waals surface area contributed by atoms with Crippen LogP contribution in [0.3, 0.4) is 0 Å². The molecule has 1 aromatic carbocycles. The van der Waals surface area contributed by atoms with Crippen molar-refractivity contribution >= 4 is 29.1 Å². The largest absolute Gasteiger partial charge is 0.345 e. The molecule has 2 amide bonds. The lowest BCUT2D eigenvalue weighted by molar-refractivity contribution is -0.116. The van der Waals surface area contributed by atoms with Gasteiger partial charge >= 0.3 is 0 Å². The SMILES string of the molecule is CN(C)C(=O)c1ccc2c(c1)CCCN2C(=O)CCl. The maximum Gasteiger partial charge on any atom is 0.253 e. The van der Waals surface area contributed by atoms with Gasteiger partial charge in [0.1, 0.15) is 5.88 Å². The molecule has 1 heterocycles. The van der Waals surface area contributed by atoms with Crippen molar-refractivity contribution in [1.29, 1.82) is 0 Å². The minimum atomic E-state index is -0.0886. The van der Waals surface area contributed by atoms with Crippen molar-refractivity contribution in [3.05, 3.63) is 29.3 Å². The molecule has 0 bridgehead atoms. The first-order chi connectivity index (χ1) is 9.04. The summed E-state index contributed by atoms with van der Waals surface area (Å²) < 4.78 is 0. The van der Waals surface area contributed by atoms with Crippen LogP contribution < -0.4 is 4.90 Å². The number of benzene rings is 1. The van der Waals surface area contributed by atoms with Crippen molar-refractivity contribution in [2.45, 2.75) is 12.8 Å². The maximum atomic E-state index is 11.9. The molecular formula is C14H17ClN2O2. The molecule has 19 heavy (non-hydrogen) atoms. The van der Waals surface area contributed by atoms with Crippen LogP contribution in [0.4, 0.5) is 5.69 Å². The summed E-state index contributed by atoms with van der Waals surface area (Å²) >= 11 is 5.62. The van der Waals surface area contributed by atoms with E-state index in [4.69, 9.17) is 11.6 Å². The predicted octanol–water partition coefficient (Wildman–Crippen LogP) is 1.91. The number of fused-ring (bicyclic) bond motifs is 1. The molecule has 0 atom stereocenters. The standard InChI is InChI=1S/C14H17ClN2O2/c1-16(2)14(19)11-5-6-12-10(8-11)4-3-7-17(12)13(18)9-15/h5-6,8H,3-4,7,9H2,1-2H3. The van der Waals surface area contributed by atoms with Crippen LogP contribution in [-0.4, -0.2) is 43.2 Å². The second kappa shape index (κ2) is 5.61. The van der Waals surface area contributed by atoms with Crippen LogP contribution in [0.1, 0.15) is 22.3 Å². The summed E-state index contributed by atoms with van der Waals surface area (Å²) in [6, 6.07) is 5.49. The highest BCUT2D eigenvalue weighted by molar-refractivity contribution is 6.29. The number of halogens is 1. The number of amides is 2. The van der Waals surface area contributed by atoms with E-state index in [2.05, 4.69) is 0 Å². The van der Waals surface area contributed by atoms with Crippen molar-refractivity contribution in [2.75, 3.05) is 31.4 Å². The van der Waals surface area contributed by atoms with Crippen molar-refractivity contribution in [3.8, 4) is 0 Å². The lowest BCUT2D eigenvalue weighted by Gasteiger charge is -2.29. The Bertz CT molecular complexity index is 514. The summed E-state index contributed by atoms with van der Waals surface area (Å²) in [6.07, 6.45) is 1.78. The Morgan fingerprint density at radius 1 is 1.37 bits per heavy atom. The number of carbonyl (C=O) groups is 2. The molecule has 4 nitrogen and oxygen atoms in total. The zero-order valence-corrected chi connectivity index (χ0v) is 11.9. The topological polar surface area (TPSA) is 40.6 Å². The van der Waals surface area contributed by atoms with Crippen LogP contribution in [0.5, 0.6) is 0 Å². The van der Waals surface area contributed by atoms with Gasteiger partial charge in [0.15, 0.2) is 0 Å². The summed E-state index contributed by atoms with van der Waals surface area (Å²) in [7, 11) is 3.45. The van der Waals surface area contributed by atoms with E-state index in [1.807, 2.05) is 12.1 Å². The zero-order chi connectivity index (χ0) is 14.0. The second-order valence-corrected chi connectivity index (χ2v) is 5.09. The van der Waals surface area contributed by atoms with E-state index < -0.39 is 0 Å². The lowest BCUT2D eigenvalue weighted by Crippen LogP contribution is -2.36. The molecule has 0 radical (unpaired) electrons. The van der Waals surface area contributed by atoms with Gasteiger partial charge in [-0.3, -0.25) is 9.59 Å². The number of alkyl halides is 1. The third kappa shape index (κ3) is 2.73. The van der Waals surface area contributed by atoms with E-state index in [1.54, 1.807) is 30.0 Å². The average Bonchev–Trinajstić information content (AvgIpc) is 2.44. The summed E-state index contributed by atoms with van der Waals surface area (Å²) in [5.41, 5.74) is 2.58. The molecule has 0 unspecified atom stereocenters. The molecule has 0 aromatic heterocycles. The molecule has 0 saturated carbocycles. The zero-order valence-electron chi connectivity index (χ0n) is 11.1. The molecule has 2 rings (SSSR count). The first-order valence-electron chi connectivity index (χ1n) is 6.25. The van der Waals surface area contributed by atoms with E-state index in [0.29, 0.717) is 12.1 Å². The van der Waals surface area contributed by atoms with Crippen LogP contribution in [0, 0.1) is 0 Å². The summed E-state index contributed by atoms with van der Waals surface area (Å²) in [5, 5.41) is 0.